The van der Waals surface area contributed by atoms with E-state index < -0.39 is 6.04 Å². The van der Waals surface area contributed by atoms with Gasteiger partial charge in [0.1, 0.15) is 6.04 Å². The van der Waals surface area contributed by atoms with Gasteiger partial charge in [0.05, 0.1) is 0 Å². The quantitative estimate of drug-likeness (QED) is 0.760. The fourth-order valence-corrected chi connectivity index (χ4v) is 3.49. The molecule has 0 aliphatic carbocycles. The predicted molar refractivity (Wildman–Crippen MR) is 114 cm³/mol. The first-order valence-electron chi connectivity index (χ1n) is 10.1. The maximum atomic E-state index is 12.8. The molecule has 28 heavy (non-hydrogen) atoms. The molecule has 1 atom stereocenters. The van der Waals surface area contributed by atoms with Gasteiger partial charge in [-0.15, -0.1) is 0 Å². The Balaban J connectivity index is 1.66. The van der Waals surface area contributed by atoms with Crippen molar-refractivity contribution in [1.29, 1.82) is 0 Å². The first kappa shape index (κ1) is 19.9. The van der Waals surface area contributed by atoms with E-state index in [1.54, 1.807) is 12.1 Å². The van der Waals surface area contributed by atoms with Gasteiger partial charge in [-0.25, -0.2) is 0 Å². The zero-order valence-corrected chi connectivity index (χ0v) is 16.7. The zero-order valence-electron chi connectivity index (χ0n) is 16.7. The first-order chi connectivity index (χ1) is 13.6. The first-order valence-corrected chi connectivity index (χ1v) is 10.1. The van der Waals surface area contributed by atoms with Crippen molar-refractivity contribution in [1.82, 2.24) is 5.32 Å². The number of nitrogens with one attached hydrogen (secondary N) is 2. The maximum Gasteiger partial charge on any atom is 0.251 e. The Bertz CT molecular complexity index is 811. The lowest BCUT2D eigenvalue weighted by molar-refractivity contribution is -0.118. The van der Waals surface area contributed by atoms with Crippen LogP contribution >= 0.6 is 0 Å². The highest BCUT2D eigenvalue weighted by atomic mass is 16.2. The van der Waals surface area contributed by atoms with Crippen molar-refractivity contribution >= 4 is 23.2 Å². The molecule has 1 aliphatic rings. The number of nitrogens with zero attached hydrogens (tertiary/aromatic N) is 1. The van der Waals surface area contributed by atoms with Crippen LogP contribution < -0.4 is 15.5 Å². The van der Waals surface area contributed by atoms with E-state index in [1.165, 1.54) is 12.8 Å². The molecule has 5 nitrogen and oxygen atoms in total. The number of hydrogen-bond donors (Lipinski definition) is 2. The smallest absolute Gasteiger partial charge is 0.251 e. The van der Waals surface area contributed by atoms with Crippen LogP contribution in [0.15, 0.2) is 48.5 Å². The summed E-state index contributed by atoms with van der Waals surface area (Å²) in [6.07, 6.45) is 3.82. The van der Waals surface area contributed by atoms with Gasteiger partial charge in [0.25, 0.3) is 5.91 Å². The molecular weight excluding hydrogens is 350 g/mol. The van der Waals surface area contributed by atoms with Crippen molar-refractivity contribution in [3.63, 3.8) is 0 Å². The summed E-state index contributed by atoms with van der Waals surface area (Å²) < 4.78 is 0. The van der Waals surface area contributed by atoms with Crippen LogP contribution in [0.2, 0.25) is 0 Å². The van der Waals surface area contributed by atoms with Gasteiger partial charge < -0.3 is 15.5 Å². The fourth-order valence-electron chi connectivity index (χ4n) is 3.49. The molecule has 0 bridgehead atoms. The molecule has 0 spiro atoms. The summed E-state index contributed by atoms with van der Waals surface area (Å²) in [6.45, 7) is 6.10. The average molecular weight is 380 g/mol. The summed E-state index contributed by atoms with van der Waals surface area (Å²) in [5.74, 6) is -0.402. The SMILES string of the molecule is CCC[C@H](NC(=O)c1ccc(C)cc1)C(=O)Nc1cccc(N2CCCC2)c1. The summed E-state index contributed by atoms with van der Waals surface area (Å²) in [7, 11) is 0. The van der Waals surface area contributed by atoms with E-state index in [2.05, 4.69) is 21.6 Å². The van der Waals surface area contributed by atoms with Crippen LogP contribution in [-0.2, 0) is 4.79 Å². The number of carbonyl (C=O) groups excluding carboxylic acids is 2. The Morgan fingerprint density at radius 1 is 1.07 bits per heavy atom. The van der Waals surface area contributed by atoms with E-state index in [-0.39, 0.29) is 11.8 Å². The zero-order chi connectivity index (χ0) is 19.9. The Morgan fingerprint density at radius 3 is 2.46 bits per heavy atom. The van der Waals surface area contributed by atoms with Gasteiger partial charge >= 0.3 is 0 Å². The fraction of sp³-hybridized carbons (Fsp3) is 0.391. The summed E-state index contributed by atoms with van der Waals surface area (Å²) in [5.41, 5.74) is 3.55. The van der Waals surface area contributed by atoms with Gasteiger partial charge in [0, 0.05) is 30.0 Å². The van der Waals surface area contributed by atoms with Gasteiger partial charge in [0.2, 0.25) is 5.91 Å². The molecule has 2 aromatic rings. The second-order valence-corrected chi connectivity index (χ2v) is 7.41. The Hall–Kier alpha value is -2.82. The summed E-state index contributed by atoms with van der Waals surface area (Å²) in [5, 5.41) is 5.86. The molecule has 1 saturated heterocycles. The minimum Gasteiger partial charge on any atom is -0.371 e. The number of benzene rings is 2. The minimum atomic E-state index is -0.561. The van der Waals surface area contributed by atoms with Crippen LogP contribution in [0.3, 0.4) is 0 Å². The lowest BCUT2D eigenvalue weighted by atomic mass is 10.1. The Kier molecular flexibility index (Phi) is 6.69. The molecule has 5 heteroatoms. The van der Waals surface area contributed by atoms with Crippen LogP contribution in [0.5, 0.6) is 0 Å². The lowest BCUT2D eigenvalue weighted by Crippen LogP contribution is -2.43. The highest BCUT2D eigenvalue weighted by molar-refractivity contribution is 6.01. The summed E-state index contributed by atoms with van der Waals surface area (Å²) in [6, 6.07) is 14.7. The van der Waals surface area contributed by atoms with Crippen LogP contribution in [-0.4, -0.2) is 30.9 Å². The Morgan fingerprint density at radius 2 is 1.79 bits per heavy atom. The van der Waals surface area contributed by atoms with Crippen molar-refractivity contribution in [3.8, 4) is 0 Å². The number of amides is 2. The van der Waals surface area contributed by atoms with Crippen molar-refractivity contribution in [2.24, 2.45) is 0 Å². The number of carbonyl (C=O) groups is 2. The van der Waals surface area contributed by atoms with Gasteiger partial charge in [-0.3, -0.25) is 9.59 Å². The van der Waals surface area contributed by atoms with Crippen molar-refractivity contribution in [2.75, 3.05) is 23.3 Å². The van der Waals surface area contributed by atoms with E-state index in [9.17, 15) is 9.59 Å². The summed E-state index contributed by atoms with van der Waals surface area (Å²) >= 11 is 0. The van der Waals surface area contributed by atoms with E-state index in [0.717, 1.165) is 36.4 Å². The third kappa shape index (κ3) is 5.12. The molecule has 2 amide bonds. The van der Waals surface area contributed by atoms with E-state index >= 15 is 0 Å². The second kappa shape index (κ2) is 9.40. The molecule has 0 unspecified atom stereocenters. The average Bonchev–Trinajstić information content (AvgIpc) is 3.23. The third-order valence-electron chi connectivity index (χ3n) is 5.10. The minimum absolute atomic E-state index is 0.180. The molecule has 0 saturated carbocycles. The molecule has 3 rings (SSSR count). The topological polar surface area (TPSA) is 61.4 Å². The van der Waals surface area contributed by atoms with Crippen molar-refractivity contribution in [2.45, 2.75) is 45.6 Å². The Labute approximate surface area is 167 Å². The largest absolute Gasteiger partial charge is 0.371 e. The lowest BCUT2D eigenvalue weighted by Gasteiger charge is -2.20. The highest BCUT2D eigenvalue weighted by Crippen LogP contribution is 2.23. The van der Waals surface area contributed by atoms with Gasteiger partial charge in [-0.05, 0) is 56.5 Å². The van der Waals surface area contributed by atoms with Gasteiger partial charge in [-0.2, -0.15) is 0 Å². The number of anilines is 2. The molecule has 1 heterocycles. The molecule has 1 aliphatic heterocycles. The molecule has 0 radical (unpaired) electrons. The molecular formula is C23H29N3O2. The van der Waals surface area contributed by atoms with Crippen LogP contribution in [0.4, 0.5) is 11.4 Å². The van der Waals surface area contributed by atoms with Crippen LogP contribution in [0.25, 0.3) is 0 Å². The molecule has 2 aromatic carbocycles. The predicted octanol–water partition coefficient (Wildman–Crippen LogP) is 4.13. The van der Waals surface area contributed by atoms with E-state index in [4.69, 9.17) is 0 Å². The maximum absolute atomic E-state index is 12.8. The van der Waals surface area contributed by atoms with Gasteiger partial charge in [0.15, 0.2) is 0 Å². The second-order valence-electron chi connectivity index (χ2n) is 7.41. The van der Waals surface area contributed by atoms with Crippen molar-refractivity contribution in [3.05, 3.63) is 59.7 Å². The monoisotopic (exact) mass is 379 g/mol. The van der Waals surface area contributed by atoms with Gasteiger partial charge in [-0.1, -0.05) is 37.1 Å². The van der Waals surface area contributed by atoms with Crippen molar-refractivity contribution < 1.29 is 9.59 Å². The van der Waals surface area contributed by atoms with Crippen LogP contribution in [0.1, 0.15) is 48.5 Å². The highest BCUT2D eigenvalue weighted by Gasteiger charge is 2.21. The normalized spacial score (nSPS) is 14.6. The van der Waals surface area contributed by atoms with E-state index in [0.29, 0.717) is 12.0 Å². The van der Waals surface area contributed by atoms with E-state index in [1.807, 2.05) is 44.2 Å². The molecule has 0 aromatic heterocycles. The van der Waals surface area contributed by atoms with Crippen LogP contribution in [0, 0.1) is 6.92 Å². The molecule has 2 N–H and O–H groups in total. The third-order valence-corrected chi connectivity index (χ3v) is 5.10. The number of aryl methyl sites for hydroxylation is 1. The number of hydrogen-bond acceptors (Lipinski definition) is 3. The summed E-state index contributed by atoms with van der Waals surface area (Å²) in [4.78, 5) is 27.7. The standard InChI is InChI=1S/C23H29N3O2/c1-3-7-21(25-22(27)18-12-10-17(2)11-13-18)23(28)24-19-8-6-9-20(16-19)26-14-4-5-15-26/h6,8-13,16,21H,3-5,7,14-15H2,1-2H3,(H,24,28)(H,25,27)/t21-/m0/s1. The molecule has 1 fully saturated rings. The number of rotatable bonds is 7. The molecule has 148 valence electrons.